The maximum absolute atomic E-state index is 12.4. The van der Waals surface area contributed by atoms with Crippen LogP contribution in [0.1, 0.15) is 35.9 Å². The fourth-order valence-electron chi connectivity index (χ4n) is 3.24. The minimum absolute atomic E-state index is 0.128. The summed E-state index contributed by atoms with van der Waals surface area (Å²) in [4.78, 5) is 25.9. The predicted molar refractivity (Wildman–Crippen MR) is 111 cm³/mol. The van der Waals surface area contributed by atoms with Gasteiger partial charge in [0.25, 0.3) is 5.91 Å². The van der Waals surface area contributed by atoms with Gasteiger partial charge in [-0.05, 0) is 43.7 Å². The van der Waals surface area contributed by atoms with Crippen molar-refractivity contribution in [3.63, 3.8) is 0 Å². The number of methoxy groups -OCH3 is 1. The molecule has 2 heterocycles. The number of amides is 1. The van der Waals surface area contributed by atoms with Crippen molar-refractivity contribution in [3.05, 3.63) is 41.7 Å². The molecule has 1 amide bonds. The van der Waals surface area contributed by atoms with Crippen LogP contribution in [0.15, 0.2) is 30.3 Å². The van der Waals surface area contributed by atoms with E-state index in [9.17, 15) is 4.79 Å². The van der Waals surface area contributed by atoms with Gasteiger partial charge in [-0.25, -0.2) is 9.97 Å². The van der Waals surface area contributed by atoms with Gasteiger partial charge in [0.2, 0.25) is 5.95 Å². The molecule has 0 aliphatic carbocycles. The van der Waals surface area contributed by atoms with Crippen molar-refractivity contribution in [2.24, 2.45) is 0 Å². The van der Waals surface area contributed by atoms with Gasteiger partial charge in [0.05, 0.1) is 7.11 Å². The zero-order chi connectivity index (χ0) is 19.9. The number of carbonyl (C=O) groups is 1. The molecule has 2 aromatic rings. The van der Waals surface area contributed by atoms with Crippen molar-refractivity contribution in [3.8, 4) is 5.75 Å². The highest BCUT2D eigenvalue weighted by Gasteiger charge is 2.21. The van der Waals surface area contributed by atoms with E-state index in [-0.39, 0.29) is 5.91 Å². The number of ether oxygens (including phenoxy) is 1. The Morgan fingerprint density at radius 3 is 2.43 bits per heavy atom. The number of nitrogens with one attached hydrogen (secondary N) is 1. The Balaban J connectivity index is 1.64. The molecule has 1 fully saturated rings. The van der Waals surface area contributed by atoms with Crippen molar-refractivity contribution in [2.75, 3.05) is 49.6 Å². The van der Waals surface area contributed by atoms with E-state index in [1.165, 1.54) is 5.69 Å². The van der Waals surface area contributed by atoms with Crippen molar-refractivity contribution < 1.29 is 9.53 Å². The van der Waals surface area contributed by atoms with Crippen LogP contribution < -0.4 is 19.9 Å². The van der Waals surface area contributed by atoms with E-state index in [1.54, 1.807) is 13.2 Å². The zero-order valence-electron chi connectivity index (χ0n) is 16.9. The van der Waals surface area contributed by atoms with Crippen LogP contribution in [-0.2, 0) is 0 Å². The first-order valence-corrected chi connectivity index (χ1v) is 9.88. The molecule has 0 unspecified atom stereocenters. The predicted octanol–water partition coefficient (Wildman–Crippen LogP) is 2.65. The molecule has 1 saturated heterocycles. The summed E-state index contributed by atoms with van der Waals surface area (Å²) >= 11 is 0. The highest BCUT2D eigenvalue weighted by atomic mass is 16.5. The molecule has 0 atom stereocenters. The van der Waals surface area contributed by atoms with E-state index < -0.39 is 0 Å². The number of rotatable bonds is 7. The standard InChI is InChI=1S/C21H29N5O2/c1-4-5-10-22-20(27)19-15-16(2)23-21(24-19)26-13-11-25(12-14-26)17-6-8-18(28-3)9-7-17/h6-9,15H,4-5,10-14H2,1-3H3,(H,22,27). The number of benzene rings is 1. The lowest BCUT2D eigenvalue weighted by molar-refractivity contribution is 0.0948. The van der Waals surface area contributed by atoms with Crippen LogP contribution in [0.5, 0.6) is 5.75 Å². The molecule has 150 valence electrons. The van der Waals surface area contributed by atoms with Crippen LogP contribution in [0, 0.1) is 6.92 Å². The molecule has 1 aromatic heterocycles. The summed E-state index contributed by atoms with van der Waals surface area (Å²) in [5.74, 6) is 1.37. The number of unbranched alkanes of at least 4 members (excludes halogenated alkanes) is 1. The maximum Gasteiger partial charge on any atom is 0.270 e. The van der Waals surface area contributed by atoms with Crippen LogP contribution in [0.2, 0.25) is 0 Å². The second kappa shape index (κ2) is 9.39. The summed E-state index contributed by atoms with van der Waals surface area (Å²) in [6, 6.07) is 9.87. The molecular formula is C21H29N5O2. The van der Waals surface area contributed by atoms with Gasteiger partial charge in [0.15, 0.2) is 0 Å². The zero-order valence-corrected chi connectivity index (χ0v) is 16.9. The SMILES string of the molecule is CCCCNC(=O)c1cc(C)nc(N2CCN(c3ccc(OC)cc3)CC2)n1. The molecule has 7 heteroatoms. The fourth-order valence-corrected chi connectivity index (χ4v) is 3.24. The van der Waals surface area contributed by atoms with E-state index in [4.69, 9.17) is 4.74 Å². The molecule has 1 aliphatic heterocycles. The first-order chi connectivity index (χ1) is 13.6. The topological polar surface area (TPSA) is 70.6 Å². The largest absolute Gasteiger partial charge is 0.497 e. The third kappa shape index (κ3) is 4.91. The van der Waals surface area contributed by atoms with Gasteiger partial charge in [-0.3, -0.25) is 4.79 Å². The van der Waals surface area contributed by atoms with E-state index in [2.05, 4.69) is 44.1 Å². The molecule has 0 spiro atoms. The summed E-state index contributed by atoms with van der Waals surface area (Å²) in [6.45, 7) is 8.06. The van der Waals surface area contributed by atoms with E-state index in [0.717, 1.165) is 50.5 Å². The van der Waals surface area contributed by atoms with E-state index in [1.807, 2.05) is 19.1 Å². The van der Waals surface area contributed by atoms with Gasteiger partial charge >= 0.3 is 0 Å². The molecule has 0 radical (unpaired) electrons. The number of carbonyl (C=O) groups excluding carboxylic acids is 1. The highest BCUT2D eigenvalue weighted by molar-refractivity contribution is 5.92. The number of hydrogen-bond acceptors (Lipinski definition) is 6. The Morgan fingerprint density at radius 1 is 1.11 bits per heavy atom. The number of nitrogens with zero attached hydrogens (tertiary/aromatic N) is 4. The van der Waals surface area contributed by atoms with Gasteiger partial charge < -0.3 is 19.9 Å². The van der Waals surface area contributed by atoms with Crippen LogP contribution in [0.4, 0.5) is 11.6 Å². The first kappa shape index (κ1) is 19.9. The van der Waals surface area contributed by atoms with Crippen LogP contribution >= 0.6 is 0 Å². The Hall–Kier alpha value is -2.83. The van der Waals surface area contributed by atoms with Gasteiger partial charge in [-0.2, -0.15) is 0 Å². The minimum Gasteiger partial charge on any atom is -0.497 e. The average Bonchev–Trinajstić information content (AvgIpc) is 2.73. The lowest BCUT2D eigenvalue weighted by atomic mass is 10.2. The maximum atomic E-state index is 12.4. The first-order valence-electron chi connectivity index (χ1n) is 9.88. The highest BCUT2D eigenvalue weighted by Crippen LogP contribution is 2.22. The smallest absolute Gasteiger partial charge is 0.270 e. The van der Waals surface area contributed by atoms with Crippen molar-refractivity contribution >= 4 is 17.5 Å². The van der Waals surface area contributed by atoms with Crippen molar-refractivity contribution in [1.29, 1.82) is 0 Å². The third-order valence-corrected chi connectivity index (χ3v) is 4.89. The van der Waals surface area contributed by atoms with Crippen LogP contribution in [0.25, 0.3) is 0 Å². The monoisotopic (exact) mass is 383 g/mol. The van der Waals surface area contributed by atoms with Gasteiger partial charge in [-0.15, -0.1) is 0 Å². The molecule has 28 heavy (non-hydrogen) atoms. The lowest BCUT2D eigenvalue weighted by Gasteiger charge is -2.36. The molecule has 7 nitrogen and oxygen atoms in total. The van der Waals surface area contributed by atoms with Crippen LogP contribution in [-0.4, -0.2) is 55.7 Å². The van der Waals surface area contributed by atoms with E-state index in [0.29, 0.717) is 18.2 Å². The van der Waals surface area contributed by atoms with Gasteiger partial charge in [-0.1, -0.05) is 13.3 Å². The van der Waals surface area contributed by atoms with Crippen LogP contribution in [0.3, 0.4) is 0 Å². The van der Waals surface area contributed by atoms with Gasteiger partial charge in [0, 0.05) is 44.1 Å². The second-order valence-corrected chi connectivity index (χ2v) is 6.98. The lowest BCUT2D eigenvalue weighted by Crippen LogP contribution is -2.47. The molecule has 3 rings (SSSR count). The Kier molecular flexibility index (Phi) is 6.68. The van der Waals surface area contributed by atoms with Gasteiger partial charge in [0.1, 0.15) is 11.4 Å². The Labute approximate surface area is 166 Å². The second-order valence-electron chi connectivity index (χ2n) is 6.98. The summed E-state index contributed by atoms with van der Waals surface area (Å²) in [5.41, 5.74) is 2.43. The summed E-state index contributed by atoms with van der Waals surface area (Å²) in [6.07, 6.45) is 2.02. The minimum atomic E-state index is -0.128. The third-order valence-electron chi connectivity index (χ3n) is 4.89. The van der Waals surface area contributed by atoms with Crippen molar-refractivity contribution in [1.82, 2.24) is 15.3 Å². The number of anilines is 2. The molecule has 0 saturated carbocycles. The molecule has 0 bridgehead atoms. The fraction of sp³-hybridized carbons (Fsp3) is 0.476. The quantitative estimate of drug-likeness (QED) is 0.741. The number of hydrogen-bond donors (Lipinski definition) is 1. The number of piperazine rings is 1. The average molecular weight is 383 g/mol. The molecular weight excluding hydrogens is 354 g/mol. The summed E-state index contributed by atoms with van der Waals surface area (Å²) < 4.78 is 5.23. The summed E-state index contributed by atoms with van der Waals surface area (Å²) in [7, 11) is 1.67. The van der Waals surface area contributed by atoms with E-state index >= 15 is 0 Å². The normalized spacial score (nSPS) is 14.1. The summed E-state index contributed by atoms with van der Waals surface area (Å²) in [5, 5.41) is 2.93. The molecule has 1 aromatic carbocycles. The molecule has 1 N–H and O–H groups in total. The Bertz CT molecular complexity index is 786. The Morgan fingerprint density at radius 2 is 1.79 bits per heavy atom. The molecule has 1 aliphatic rings. The van der Waals surface area contributed by atoms with Crippen molar-refractivity contribution in [2.45, 2.75) is 26.7 Å². The number of aryl methyl sites for hydroxylation is 1. The number of aromatic nitrogens is 2.